The van der Waals surface area contributed by atoms with Crippen LogP contribution in [0.4, 0.5) is 9.18 Å². The van der Waals surface area contributed by atoms with Crippen molar-refractivity contribution >= 4 is 17.8 Å². The summed E-state index contributed by atoms with van der Waals surface area (Å²) in [6.45, 7) is 0.158. The van der Waals surface area contributed by atoms with E-state index < -0.39 is 29.7 Å². The van der Waals surface area contributed by atoms with E-state index in [-0.39, 0.29) is 18.5 Å². The number of urea groups is 1. The molecular weight excluding hydrogens is 253 g/mol. The second-order valence-corrected chi connectivity index (χ2v) is 4.04. The summed E-state index contributed by atoms with van der Waals surface area (Å²) in [7, 11) is 0. The van der Waals surface area contributed by atoms with E-state index in [1.54, 1.807) is 6.07 Å². The molecule has 0 radical (unpaired) electrons. The van der Waals surface area contributed by atoms with Crippen LogP contribution in [0.1, 0.15) is 16.8 Å². The number of hydrogen-bond acceptors (Lipinski definition) is 3. The number of nitrogens with one attached hydrogen (secondary N) is 3. The smallest absolute Gasteiger partial charge is 0.322 e. The second kappa shape index (κ2) is 5.47. The van der Waals surface area contributed by atoms with Crippen molar-refractivity contribution in [1.82, 2.24) is 16.0 Å². The Hall–Kier alpha value is -2.44. The van der Waals surface area contributed by atoms with Gasteiger partial charge in [0.05, 0.1) is 5.56 Å². The zero-order valence-electron chi connectivity index (χ0n) is 9.90. The summed E-state index contributed by atoms with van der Waals surface area (Å²) in [6.07, 6.45) is 0.248. The van der Waals surface area contributed by atoms with Crippen molar-refractivity contribution in [2.75, 3.05) is 6.54 Å². The lowest BCUT2D eigenvalue weighted by Crippen LogP contribution is -2.34. The van der Waals surface area contributed by atoms with E-state index >= 15 is 0 Å². The predicted octanol–water partition coefficient (Wildman–Crippen LogP) is 0.154. The van der Waals surface area contributed by atoms with Crippen LogP contribution in [0.15, 0.2) is 24.3 Å². The molecule has 3 N–H and O–H groups in total. The molecule has 1 fully saturated rings. The molecule has 1 aromatic carbocycles. The molecule has 1 heterocycles. The Bertz CT molecular complexity index is 533. The predicted molar refractivity (Wildman–Crippen MR) is 63.8 cm³/mol. The van der Waals surface area contributed by atoms with Crippen molar-refractivity contribution < 1.29 is 18.8 Å². The molecule has 4 amide bonds. The van der Waals surface area contributed by atoms with Crippen molar-refractivity contribution in [3.63, 3.8) is 0 Å². The fourth-order valence-electron chi connectivity index (χ4n) is 1.73. The van der Waals surface area contributed by atoms with Crippen LogP contribution in [0.2, 0.25) is 0 Å². The van der Waals surface area contributed by atoms with E-state index in [2.05, 4.69) is 16.0 Å². The monoisotopic (exact) mass is 265 g/mol. The number of amides is 4. The minimum atomic E-state index is -0.659. The number of benzene rings is 1. The van der Waals surface area contributed by atoms with E-state index in [9.17, 15) is 18.8 Å². The van der Waals surface area contributed by atoms with Crippen LogP contribution in [0.25, 0.3) is 0 Å². The van der Waals surface area contributed by atoms with Gasteiger partial charge in [0.25, 0.3) is 11.8 Å². The number of hydrogen-bond donors (Lipinski definition) is 3. The maximum absolute atomic E-state index is 13.3. The first-order chi connectivity index (χ1) is 9.08. The number of carbonyl (C=O) groups is 3. The Balaban J connectivity index is 1.83. The maximum Gasteiger partial charge on any atom is 0.322 e. The fourth-order valence-corrected chi connectivity index (χ4v) is 1.73. The molecule has 0 spiro atoms. The summed E-state index contributed by atoms with van der Waals surface area (Å²) in [6, 6.07) is 4.41. The first kappa shape index (κ1) is 13.0. The largest absolute Gasteiger partial charge is 0.352 e. The highest BCUT2D eigenvalue weighted by Crippen LogP contribution is 2.06. The van der Waals surface area contributed by atoms with E-state index in [1.165, 1.54) is 18.2 Å². The molecule has 2 rings (SSSR count). The van der Waals surface area contributed by atoms with Crippen LogP contribution >= 0.6 is 0 Å². The molecule has 0 aliphatic carbocycles. The van der Waals surface area contributed by atoms with Gasteiger partial charge in [-0.2, -0.15) is 0 Å². The van der Waals surface area contributed by atoms with Gasteiger partial charge >= 0.3 is 6.03 Å². The molecule has 1 aliphatic heterocycles. The van der Waals surface area contributed by atoms with Crippen LogP contribution in [0.3, 0.4) is 0 Å². The van der Waals surface area contributed by atoms with Gasteiger partial charge < -0.3 is 10.6 Å². The topological polar surface area (TPSA) is 87.3 Å². The van der Waals surface area contributed by atoms with Gasteiger partial charge in [0.1, 0.15) is 11.9 Å². The Labute approximate surface area is 108 Å². The Morgan fingerprint density at radius 2 is 2.05 bits per heavy atom. The average molecular weight is 265 g/mol. The van der Waals surface area contributed by atoms with Crippen molar-refractivity contribution in [2.24, 2.45) is 0 Å². The number of imide groups is 1. The summed E-state index contributed by atoms with van der Waals surface area (Å²) in [5.74, 6) is -1.58. The zero-order valence-corrected chi connectivity index (χ0v) is 9.90. The SMILES string of the molecule is O=C1NC(=O)C(CCNC(=O)c2ccccc2F)N1. The van der Waals surface area contributed by atoms with Crippen LogP contribution < -0.4 is 16.0 Å². The van der Waals surface area contributed by atoms with Gasteiger partial charge in [-0.1, -0.05) is 12.1 Å². The molecule has 0 aromatic heterocycles. The van der Waals surface area contributed by atoms with E-state index in [4.69, 9.17) is 0 Å². The molecule has 100 valence electrons. The van der Waals surface area contributed by atoms with Crippen LogP contribution in [-0.2, 0) is 4.79 Å². The average Bonchev–Trinajstić information content (AvgIpc) is 2.68. The summed E-state index contributed by atoms with van der Waals surface area (Å²) in [4.78, 5) is 33.7. The Kier molecular flexibility index (Phi) is 3.74. The molecule has 7 heteroatoms. The lowest BCUT2D eigenvalue weighted by atomic mass is 10.2. The van der Waals surface area contributed by atoms with E-state index in [0.717, 1.165) is 0 Å². The molecule has 1 saturated heterocycles. The van der Waals surface area contributed by atoms with Crippen molar-refractivity contribution in [3.05, 3.63) is 35.6 Å². The number of carbonyl (C=O) groups excluding carboxylic acids is 3. The highest BCUT2D eigenvalue weighted by Gasteiger charge is 2.28. The van der Waals surface area contributed by atoms with Gasteiger partial charge in [0.15, 0.2) is 0 Å². The summed E-state index contributed by atoms with van der Waals surface area (Å²) >= 11 is 0. The third-order valence-corrected chi connectivity index (χ3v) is 2.70. The summed E-state index contributed by atoms with van der Waals surface area (Å²) in [5, 5.41) is 6.98. The van der Waals surface area contributed by atoms with Gasteiger partial charge in [0, 0.05) is 6.54 Å². The van der Waals surface area contributed by atoms with E-state index in [1.807, 2.05) is 0 Å². The molecule has 0 bridgehead atoms. The molecular formula is C12H12FN3O3. The van der Waals surface area contributed by atoms with Gasteiger partial charge in [0.2, 0.25) is 0 Å². The summed E-state index contributed by atoms with van der Waals surface area (Å²) in [5.41, 5.74) is -0.0533. The number of halogens is 1. The first-order valence-corrected chi connectivity index (χ1v) is 5.72. The maximum atomic E-state index is 13.3. The fraction of sp³-hybridized carbons (Fsp3) is 0.250. The summed E-state index contributed by atoms with van der Waals surface area (Å²) < 4.78 is 13.3. The molecule has 1 aromatic rings. The van der Waals surface area contributed by atoms with Crippen molar-refractivity contribution in [3.8, 4) is 0 Å². The molecule has 1 atom stereocenters. The van der Waals surface area contributed by atoms with Gasteiger partial charge in [-0.25, -0.2) is 9.18 Å². The van der Waals surface area contributed by atoms with Crippen molar-refractivity contribution in [2.45, 2.75) is 12.5 Å². The highest BCUT2D eigenvalue weighted by atomic mass is 19.1. The lowest BCUT2D eigenvalue weighted by Gasteiger charge is -2.08. The Morgan fingerprint density at radius 1 is 1.32 bits per heavy atom. The minimum Gasteiger partial charge on any atom is -0.352 e. The van der Waals surface area contributed by atoms with Crippen LogP contribution in [0, 0.1) is 5.82 Å². The molecule has 1 aliphatic rings. The molecule has 19 heavy (non-hydrogen) atoms. The zero-order chi connectivity index (χ0) is 13.8. The van der Waals surface area contributed by atoms with Crippen LogP contribution in [0.5, 0.6) is 0 Å². The third-order valence-electron chi connectivity index (χ3n) is 2.70. The number of rotatable bonds is 4. The van der Waals surface area contributed by atoms with Gasteiger partial charge in [-0.15, -0.1) is 0 Å². The first-order valence-electron chi connectivity index (χ1n) is 5.72. The quantitative estimate of drug-likeness (QED) is 0.677. The minimum absolute atomic E-state index is 0.0533. The second-order valence-electron chi connectivity index (χ2n) is 4.04. The van der Waals surface area contributed by atoms with E-state index in [0.29, 0.717) is 0 Å². The third kappa shape index (κ3) is 3.06. The molecule has 6 nitrogen and oxygen atoms in total. The Morgan fingerprint density at radius 3 is 2.68 bits per heavy atom. The van der Waals surface area contributed by atoms with Crippen LogP contribution in [-0.4, -0.2) is 30.4 Å². The van der Waals surface area contributed by atoms with Crippen molar-refractivity contribution in [1.29, 1.82) is 0 Å². The standard InChI is InChI=1S/C12H12FN3O3/c13-8-4-2-1-3-7(8)10(17)14-6-5-9-11(18)16-12(19)15-9/h1-4,9H,5-6H2,(H,14,17)(H2,15,16,18,19). The van der Waals surface area contributed by atoms with Gasteiger partial charge in [-0.05, 0) is 18.6 Å². The lowest BCUT2D eigenvalue weighted by molar-refractivity contribution is -0.120. The molecule has 1 unspecified atom stereocenters. The molecule has 0 saturated carbocycles. The normalized spacial score (nSPS) is 17.8. The van der Waals surface area contributed by atoms with Gasteiger partial charge in [-0.3, -0.25) is 14.9 Å². The highest BCUT2D eigenvalue weighted by molar-refractivity contribution is 6.04.